The van der Waals surface area contributed by atoms with Gasteiger partial charge in [0.15, 0.2) is 11.6 Å². The normalized spacial score (nSPS) is 12.9. The molecule has 0 saturated heterocycles. The van der Waals surface area contributed by atoms with Crippen LogP contribution in [-0.2, 0) is 6.61 Å². The van der Waals surface area contributed by atoms with Crippen LogP contribution in [-0.4, -0.2) is 11.6 Å². The highest BCUT2D eigenvalue weighted by atomic mass is 35.5. The molecule has 0 bridgehead atoms. The SMILES string of the molecule is O=C1C(=Cc2ccc(OCc3ccccc3Cl)cc2)C(=O)c2ccccc21. The second kappa shape index (κ2) is 7.22. The van der Waals surface area contributed by atoms with Gasteiger partial charge in [-0.3, -0.25) is 9.59 Å². The van der Waals surface area contributed by atoms with Crippen molar-refractivity contribution in [3.8, 4) is 5.75 Å². The third-order valence-electron chi connectivity index (χ3n) is 4.45. The summed E-state index contributed by atoms with van der Waals surface area (Å²) >= 11 is 6.12. The first-order chi connectivity index (χ1) is 13.1. The van der Waals surface area contributed by atoms with Crippen LogP contribution in [0.4, 0.5) is 0 Å². The number of rotatable bonds is 4. The van der Waals surface area contributed by atoms with Gasteiger partial charge < -0.3 is 4.74 Å². The Morgan fingerprint density at radius 3 is 2.00 bits per heavy atom. The molecular weight excluding hydrogens is 360 g/mol. The van der Waals surface area contributed by atoms with E-state index in [0.29, 0.717) is 28.5 Å². The number of hydrogen-bond acceptors (Lipinski definition) is 3. The van der Waals surface area contributed by atoms with Gasteiger partial charge in [-0.1, -0.05) is 66.2 Å². The molecule has 3 aromatic rings. The molecule has 132 valence electrons. The lowest BCUT2D eigenvalue weighted by Gasteiger charge is -2.08. The first kappa shape index (κ1) is 17.3. The summed E-state index contributed by atoms with van der Waals surface area (Å²) in [6, 6.07) is 21.7. The Morgan fingerprint density at radius 1 is 0.778 bits per heavy atom. The highest BCUT2D eigenvalue weighted by Crippen LogP contribution is 2.28. The number of carbonyl (C=O) groups excluding carboxylic acids is 2. The number of allylic oxidation sites excluding steroid dienone is 1. The fraction of sp³-hybridized carbons (Fsp3) is 0.0435. The first-order valence-corrected chi connectivity index (χ1v) is 8.87. The van der Waals surface area contributed by atoms with E-state index >= 15 is 0 Å². The first-order valence-electron chi connectivity index (χ1n) is 8.50. The Morgan fingerprint density at radius 2 is 1.37 bits per heavy atom. The van der Waals surface area contributed by atoms with E-state index in [2.05, 4.69) is 0 Å². The van der Waals surface area contributed by atoms with Crippen molar-refractivity contribution in [2.45, 2.75) is 6.61 Å². The van der Waals surface area contributed by atoms with Crippen LogP contribution in [0.25, 0.3) is 6.08 Å². The highest BCUT2D eigenvalue weighted by Gasteiger charge is 2.32. The summed E-state index contributed by atoms with van der Waals surface area (Å²) < 4.78 is 5.75. The maximum atomic E-state index is 12.4. The topological polar surface area (TPSA) is 43.4 Å². The standard InChI is InChI=1S/C23H15ClO3/c24-21-8-4-1-5-16(21)14-27-17-11-9-15(10-12-17)13-20-22(25)18-6-2-3-7-19(18)23(20)26/h1-13H,14H2. The van der Waals surface area contributed by atoms with E-state index in [1.165, 1.54) is 0 Å². The maximum Gasteiger partial charge on any atom is 0.197 e. The van der Waals surface area contributed by atoms with Gasteiger partial charge in [-0.25, -0.2) is 0 Å². The Balaban J connectivity index is 1.50. The van der Waals surface area contributed by atoms with Crippen LogP contribution in [0.1, 0.15) is 31.8 Å². The van der Waals surface area contributed by atoms with Crippen molar-refractivity contribution in [2.24, 2.45) is 0 Å². The molecule has 0 aliphatic heterocycles. The number of Topliss-reactive ketones (excluding diaryl/α,β-unsaturated/α-hetero) is 2. The van der Waals surface area contributed by atoms with E-state index < -0.39 is 0 Å². The quantitative estimate of drug-likeness (QED) is 0.454. The third kappa shape index (κ3) is 3.42. The van der Waals surface area contributed by atoms with E-state index in [1.807, 2.05) is 36.4 Å². The number of fused-ring (bicyclic) bond motifs is 1. The molecule has 4 rings (SSSR count). The van der Waals surface area contributed by atoms with Gasteiger partial charge in [-0.15, -0.1) is 0 Å². The Kier molecular flexibility index (Phi) is 4.61. The number of ether oxygens (including phenoxy) is 1. The lowest BCUT2D eigenvalue weighted by atomic mass is 10.1. The molecule has 4 heteroatoms. The lowest BCUT2D eigenvalue weighted by Crippen LogP contribution is -2.00. The van der Waals surface area contributed by atoms with Crippen LogP contribution in [0.3, 0.4) is 0 Å². The van der Waals surface area contributed by atoms with Crippen LogP contribution < -0.4 is 4.74 Å². The minimum Gasteiger partial charge on any atom is -0.489 e. The summed E-state index contributed by atoms with van der Waals surface area (Å²) in [5.74, 6) is 0.230. The summed E-state index contributed by atoms with van der Waals surface area (Å²) in [4.78, 5) is 24.9. The Hall–Kier alpha value is -3.17. The molecule has 0 radical (unpaired) electrons. The van der Waals surface area contributed by atoms with Gasteiger partial charge in [0.1, 0.15) is 12.4 Å². The van der Waals surface area contributed by atoms with Crippen LogP contribution in [0.5, 0.6) is 5.75 Å². The number of benzene rings is 3. The van der Waals surface area contributed by atoms with Crippen molar-refractivity contribution >= 4 is 29.2 Å². The van der Waals surface area contributed by atoms with Crippen LogP contribution in [0.15, 0.2) is 78.4 Å². The van der Waals surface area contributed by atoms with E-state index in [1.54, 1.807) is 42.5 Å². The molecule has 0 fully saturated rings. The second-order valence-corrected chi connectivity index (χ2v) is 6.62. The van der Waals surface area contributed by atoms with E-state index in [9.17, 15) is 9.59 Å². The summed E-state index contributed by atoms with van der Waals surface area (Å²) in [5.41, 5.74) is 2.80. The van der Waals surface area contributed by atoms with Crippen molar-refractivity contribution in [1.29, 1.82) is 0 Å². The summed E-state index contributed by atoms with van der Waals surface area (Å²) in [7, 11) is 0. The van der Waals surface area contributed by atoms with Gasteiger partial charge in [0, 0.05) is 21.7 Å². The van der Waals surface area contributed by atoms with Gasteiger partial charge in [0.05, 0.1) is 5.57 Å². The molecular formula is C23H15ClO3. The molecule has 0 N–H and O–H groups in total. The lowest BCUT2D eigenvalue weighted by molar-refractivity contribution is 0.0990. The van der Waals surface area contributed by atoms with Gasteiger partial charge in [0.2, 0.25) is 0 Å². The van der Waals surface area contributed by atoms with E-state index in [-0.39, 0.29) is 17.1 Å². The summed E-state index contributed by atoms with van der Waals surface area (Å²) in [6.07, 6.45) is 1.63. The fourth-order valence-electron chi connectivity index (χ4n) is 3.01. The molecule has 0 saturated carbocycles. The van der Waals surface area contributed by atoms with Gasteiger partial charge in [-0.2, -0.15) is 0 Å². The van der Waals surface area contributed by atoms with Gasteiger partial charge in [0.25, 0.3) is 0 Å². The van der Waals surface area contributed by atoms with Crippen molar-refractivity contribution in [1.82, 2.24) is 0 Å². The smallest absolute Gasteiger partial charge is 0.197 e. The predicted octanol–water partition coefficient (Wildman–Crippen LogP) is 5.38. The molecule has 0 aromatic heterocycles. The van der Waals surface area contributed by atoms with Crippen LogP contribution in [0.2, 0.25) is 5.02 Å². The molecule has 0 heterocycles. The highest BCUT2D eigenvalue weighted by molar-refractivity contribution is 6.41. The maximum absolute atomic E-state index is 12.4. The van der Waals surface area contributed by atoms with Crippen LogP contribution in [0, 0.1) is 0 Å². The zero-order valence-electron chi connectivity index (χ0n) is 14.3. The minimum absolute atomic E-state index is 0.195. The molecule has 0 unspecified atom stereocenters. The monoisotopic (exact) mass is 374 g/mol. The van der Waals surface area contributed by atoms with E-state index in [4.69, 9.17) is 16.3 Å². The number of ketones is 2. The van der Waals surface area contributed by atoms with Crippen molar-refractivity contribution < 1.29 is 14.3 Å². The molecule has 0 spiro atoms. The summed E-state index contributed by atoms with van der Waals surface area (Å²) in [5, 5.41) is 0.664. The van der Waals surface area contributed by atoms with Crippen molar-refractivity contribution in [3.05, 3.63) is 106 Å². The molecule has 27 heavy (non-hydrogen) atoms. The molecule has 0 amide bonds. The Labute approximate surface area is 161 Å². The average molecular weight is 375 g/mol. The van der Waals surface area contributed by atoms with E-state index in [0.717, 1.165) is 11.1 Å². The third-order valence-corrected chi connectivity index (χ3v) is 4.82. The Bertz CT molecular complexity index is 1030. The number of carbonyl (C=O) groups is 2. The zero-order valence-corrected chi connectivity index (χ0v) is 15.1. The molecule has 1 aliphatic carbocycles. The van der Waals surface area contributed by atoms with Crippen molar-refractivity contribution in [2.75, 3.05) is 0 Å². The summed E-state index contributed by atoms with van der Waals surface area (Å²) in [6.45, 7) is 0.367. The number of hydrogen-bond donors (Lipinski definition) is 0. The molecule has 1 aliphatic rings. The predicted molar refractivity (Wildman–Crippen MR) is 105 cm³/mol. The van der Waals surface area contributed by atoms with Gasteiger partial charge in [-0.05, 0) is 29.8 Å². The minimum atomic E-state index is -0.227. The number of halogens is 1. The largest absolute Gasteiger partial charge is 0.489 e. The van der Waals surface area contributed by atoms with Gasteiger partial charge >= 0.3 is 0 Å². The molecule has 3 aromatic carbocycles. The van der Waals surface area contributed by atoms with Crippen LogP contribution >= 0.6 is 11.6 Å². The fourth-order valence-corrected chi connectivity index (χ4v) is 3.20. The second-order valence-electron chi connectivity index (χ2n) is 6.21. The molecule has 0 atom stereocenters. The van der Waals surface area contributed by atoms with Crippen molar-refractivity contribution in [3.63, 3.8) is 0 Å². The molecule has 3 nitrogen and oxygen atoms in total. The zero-order chi connectivity index (χ0) is 18.8. The average Bonchev–Trinajstić information content (AvgIpc) is 2.94.